The zero-order valence-corrected chi connectivity index (χ0v) is 13.5. The molecule has 2 heterocycles. The molecule has 1 amide bonds. The van der Waals surface area contributed by atoms with Crippen molar-refractivity contribution in [3.8, 4) is 16.9 Å². The van der Waals surface area contributed by atoms with E-state index in [1.54, 1.807) is 37.6 Å². The van der Waals surface area contributed by atoms with Crippen molar-refractivity contribution in [1.29, 1.82) is 0 Å². The SMILES string of the molecule is COc1ccc(Cl)cc1-c1ccc(NC(=O)c2cncnc2)nc1. The van der Waals surface area contributed by atoms with Crippen molar-refractivity contribution in [2.45, 2.75) is 0 Å². The molecule has 0 unspecified atom stereocenters. The second-order valence-electron chi connectivity index (χ2n) is 4.86. The number of amides is 1. The Bertz CT molecular complexity index is 854. The molecule has 0 saturated carbocycles. The summed E-state index contributed by atoms with van der Waals surface area (Å²) >= 11 is 6.05. The Labute approximate surface area is 143 Å². The summed E-state index contributed by atoms with van der Waals surface area (Å²) in [4.78, 5) is 23.9. The number of methoxy groups -OCH3 is 1. The Kier molecular flexibility index (Phi) is 4.67. The first-order valence-corrected chi connectivity index (χ1v) is 7.41. The fourth-order valence-corrected chi connectivity index (χ4v) is 2.31. The maximum absolute atomic E-state index is 12.0. The summed E-state index contributed by atoms with van der Waals surface area (Å²) in [6.45, 7) is 0. The van der Waals surface area contributed by atoms with Gasteiger partial charge in [0, 0.05) is 34.7 Å². The quantitative estimate of drug-likeness (QED) is 0.787. The standard InChI is InChI=1S/C17H13ClN4O2/c1-24-15-4-3-13(18)6-14(15)11-2-5-16(21-9-11)22-17(23)12-7-19-10-20-8-12/h2-10H,1H3,(H,21,22,23). The Morgan fingerprint density at radius 1 is 1.12 bits per heavy atom. The van der Waals surface area contributed by atoms with E-state index < -0.39 is 0 Å². The summed E-state index contributed by atoms with van der Waals surface area (Å²) in [6.07, 6.45) is 5.88. The Hall–Kier alpha value is -2.99. The predicted octanol–water partition coefficient (Wildman–Crippen LogP) is 3.45. The number of carbonyl (C=O) groups is 1. The minimum Gasteiger partial charge on any atom is -0.496 e. The molecule has 6 nitrogen and oxygen atoms in total. The van der Waals surface area contributed by atoms with Crippen molar-refractivity contribution >= 4 is 23.3 Å². The van der Waals surface area contributed by atoms with Crippen LogP contribution in [0.15, 0.2) is 55.2 Å². The van der Waals surface area contributed by atoms with Crippen LogP contribution in [0.4, 0.5) is 5.82 Å². The van der Waals surface area contributed by atoms with Gasteiger partial charge in [-0.3, -0.25) is 4.79 Å². The summed E-state index contributed by atoms with van der Waals surface area (Å²) in [7, 11) is 1.59. The molecule has 0 bridgehead atoms. The van der Waals surface area contributed by atoms with E-state index in [9.17, 15) is 4.79 Å². The van der Waals surface area contributed by atoms with Crippen molar-refractivity contribution < 1.29 is 9.53 Å². The number of carbonyl (C=O) groups excluding carboxylic acids is 1. The predicted molar refractivity (Wildman–Crippen MR) is 91.2 cm³/mol. The van der Waals surface area contributed by atoms with Crippen LogP contribution < -0.4 is 10.1 Å². The van der Waals surface area contributed by atoms with Gasteiger partial charge in [0.1, 0.15) is 17.9 Å². The Morgan fingerprint density at radius 2 is 1.92 bits per heavy atom. The first kappa shape index (κ1) is 15.9. The van der Waals surface area contributed by atoms with E-state index in [0.29, 0.717) is 22.2 Å². The van der Waals surface area contributed by atoms with Crippen LogP contribution in [0.1, 0.15) is 10.4 Å². The van der Waals surface area contributed by atoms with Gasteiger partial charge >= 0.3 is 0 Å². The molecule has 24 heavy (non-hydrogen) atoms. The number of rotatable bonds is 4. The number of ether oxygens (including phenoxy) is 1. The molecule has 0 spiro atoms. The first-order chi connectivity index (χ1) is 11.7. The molecule has 0 aliphatic heterocycles. The Balaban J connectivity index is 1.81. The van der Waals surface area contributed by atoms with E-state index in [2.05, 4.69) is 20.3 Å². The van der Waals surface area contributed by atoms with Crippen LogP contribution in [0.2, 0.25) is 5.02 Å². The lowest BCUT2D eigenvalue weighted by Gasteiger charge is -2.10. The van der Waals surface area contributed by atoms with Gasteiger partial charge in [-0.05, 0) is 30.3 Å². The second kappa shape index (κ2) is 7.06. The normalized spacial score (nSPS) is 10.2. The molecule has 0 aliphatic carbocycles. The van der Waals surface area contributed by atoms with Crippen molar-refractivity contribution in [3.05, 3.63) is 65.8 Å². The summed E-state index contributed by atoms with van der Waals surface area (Å²) < 4.78 is 5.34. The lowest BCUT2D eigenvalue weighted by atomic mass is 10.1. The molecule has 3 rings (SSSR count). The smallest absolute Gasteiger partial charge is 0.259 e. The van der Waals surface area contributed by atoms with Gasteiger partial charge in [-0.15, -0.1) is 0 Å². The van der Waals surface area contributed by atoms with Gasteiger partial charge in [-0.25, -0.2) is 15.0 Å². The van der Waals surface area contributed by atoms with Crippen LogP contribution in [0, 0.1) is 0 Å². The fraction of sp³-hybridized carbons (Fsp3) is 0.0588. The molecule has 0 radical (unpaired) electrons. The van der Waals surface area contributed by atoms with Crippen molar-refractivity contribution in [2.75, 3.05) is 12.4 Å². The van der Waals surface area contributed by atoms with Gasteiger partial charge < -0.3 is 10.1 Å². The monoisotopic (exact) mass is 340 g/mol. The number of benzene rings is 1. The highest BCUT2D eigenvalue weighted by atomic mass is 35.5. The van der Waals surface area contributed by atoms with Crippen molar-refractivity contribution in [2.24, 2.45) is 0 Å². The molecule has 120 valence electrons. The van der Waals surface area contributed by atoms with Crippen LogP contribution >= 0.6 is 11.6 Å². The van der Waals surface area contributed by atoms with Crippen LogP contribution in [-0.4, -0.2) is 28.0 Å². The minimum absolute atomic E-state index is 0.323. The molecule has 3 aromatic rings. The molecule has 2 aromatic heterocycles. The van der Waals surface area contributed by atoms with E-state index in [1.807, 2.05) is 6.07 Å². The number of halogens is 1. The average Bonchev–Trinajstić information content (AvgIpc) is 2.63. The van der Waals surface area contributed by atoms with Gasteiger partial charge in [0.05, 0.1) is 12.7 Å². The van der Waals surface area contributed by atoms with Crippen molar-refractivity contribution in [3.63, 3.8) is 0 Å². The van der Waals surface area contributed by atoms with Gasteiger partial charge in [-0.2, -0.15) is 0 Å². The highest BCUT2D eigenvalue weighted by Crippen LogP contribution is 2.32. The van der Waals surface area contributed by atoms with E-state index in [-0.39, 0.29) is 5.91 Å². The number of anilines is 1. The van der Waals surface area contributed by atoms with Crippen molar-refractivity contribution in [1.82, 2.24) is 15.0 Å². The molecule has 7 heteroatoms. The topological polar surface area (TPSA) is 77.0 Å². The third kappa shape index (κ3) is 3.49. The summed E-state index contributed by atoms with van der Waals surface area (Å²) in [5.74, 6) is 0.796. The lowest BCUT2D eigenvalue weighted by molar-refractivity contribution is 0.102. The lowest BCUT2D eigenvalue weighted by Crippen LogP contribution is -2.13. The molecule has 0 aliphatic rings. The Morgan fingerprint density at radius 3 is 2.58 bits per heavy atom. The van der Waals surface area contributed by atoms with Gasteiger partial charge in [0.25, 0.3) is 5.91 Å². The molecule has 0 saturated heterocycles. The molecule has 1 N–H and O–H groups in total. The number of nitrogens with zero attached hydrogens (tertiary/aromatic N) is 3. The fourth-order valence-electron chi connectivity index (χ4n) is 2.14. The number of nitrogens with one attached hydrogen (secondary N) is 1. The highest BCUT2D eigenvalue weighted by molar-refractivity contribution is 6.31. The zero-order chi connectivity index (χ0) is 16.9. The number of hydrogen-bond donors (Lipinski definition) is 1. The van der Waals surface area contributed by atoms with Gasteiger partial charge in [0.15, 0.2) is 0 Å². The molecular weight excluding hydrogens is 328 g/mol. The minimum atomic E-state index is -0.323. The molecular formula is C17H13ClN4O2. The second-order valence-corrected chi connectivity index (χ2v) is 5.29. The summed E-state index contributed by atoms with van der Waals surface area (Å²) in [5.41, 5.74) is 2.02. The van der Waals surface area contributed by atoms with Crippen LogP contribution in [0.25, 0.3) is 11.1 Å². The number of pyridine rings is 1. The highest BCUT2D eigenvalue weighted by Gasteiger charge is 2.10. The first-order valence-electron chi connectivity index (χ1n) is 7.03. The maximum atomic E-state index is 12.0. The summed E-state index contributed by atoms with van der Waals surface area (Å²) in [5, 5.41) is 3.29. The third-order valence-electron chi connectivity index (χ3n) is 3.30. The largest absolute Gasteiger partial charge is 0.496 e. The zero-order valence-electron chi connectivity index (χ0n) is 12.7. The molecule has 0 atom stereocenters. The average molecular weight is 341 g/mol. The number of aromatic nitrogens is 3. The van der Waals surface area contributed by atoms with Crippen LogP contribution in [0.3, 0.4) is 0 Å². The maximum Gasteiger partial charge on any atom is 0.259 e. The van der Waals surface area contributed by atoms with E-state index in [4.69, 9.17) is 16.3 Å². The van der Waals surface area contributed by atoms with Crippen LogP contribution in [-0.2, 0) is 0 Å². The van der Waals surface area contributed by atoms with Gasteiger partial charge in [0.2, 0.25) is 0 Å². The summed E-state index contributed by atoms with van der Waals surface area (Å²) in [6, 6.07) is 8.89. The number of hydrogen-bond acceptors (Lipinski definition) is 5. The van der Waals surface area contributed by atoms with E-state index in [1.165, 1.54) is 18.7 Å². The third-order valence-corrected chi connectivity index (χ3v) is 3.54. The van der Waals surface area contributed by atoms with Gasteiger partial charge in [-0.1, -0.05) is 11.6 Å². The molecule has 1 aromatic carbocycles. The van der Waals surface area contributed by atoms with Crippen LogP contribution in [0.5, 0.6) is 5.75 Å². The van der Waals surface area contributed by atoms with E-state index in [0.717, 1.165) is 11.1 Å². The molecule has 0 fully saturated rings. The van der Waals surface area contributed by atoms with E-state index >= 15 is 0 Å².